The molecule has 0 radical (unpaired) electrons. The zero-order chi connectivity index (χ0) is 20.0. The van der Waals surface area contributed by atoms with Gasteiger partial charge in [0.15, 0.2) is 11.5 Å². The Kier molecular flexibility index (Phi) is 6.47. The van der Waals surface area contributed by atoms with Gasteiger partial charge in [-0.25, -0.2) is 10.9 Å². The van der Waals surface area contributed by atoms with E-state index in [-0.39, 0.29) is 29.6 Å². The Labute approximate surface area is 155 Å². The maximum absolute atomic E-state index is 11.9. The summed E-state index contributed by atoms with van der Waals surface area (Å²) in [6, 6.07) is 3.13. The lowest BCUT2D eigenvalue weighted by atomic mass is 10.0. The summed E-state index contributed by atoms with van der Waals surface area (Å²) < 4.78 is 15.5. The molecule has 0 bridgehead atoms. The molecular weight excluding hydrogens is 356 g/mol. The van der Waals surface area contributed by atoms with Gasteiger partial charge in [0.1, 0.15) is 0 Å². The van der Waals surface area contributed by atoms with Crippen molar-refractivity contribution in [2.45, 2.75) is 20.3 Å². The number of hydrazone groups is 2. The number of carbonyl (C=O) groups excluding carboxylic acids is 3. The van der Waals surface area contributed by atoms with Crippen LogP contribution < -0.4 is 25.1 Å². The van der Waals surface area contributed by atoms with Crippen LogP contribution >= 0.6 is 0 Å². The minimum atomic E-state index is -0.594. The van der Waals surface area contributed by atoms with Crippen LogP contribution in [-0.2, 0) is 14.4 Å². The molecule has 0 fully saturated rings. The van der Waals surface area contributed by atoms with Gasteiger partial charge in [-0.1, -0.05) is 0 Å². The number of benzene rings is 1. The van der Waals surface area contributed by atoms with Gasteiger partial charge in [0.2, 0.25) is 17.6 Å². The first kappa shape index (κ1) is 19.9. The summed E-state index contributed by atoms with van der Waals surface area (Å²) in [6.07, 6.45) is 1.31. The Hall–Kier alpha value is -3.43. The van der Waals surface area contributed by atoms with Gasteiger partial charge in [-0.05, 0) is 19.1 Å². The second-order valence-corrected chi connectivity index (χ2v) is 5.63. The molecule has 144 valence electrons. The van der Waals surface area contributed by atoms with E-state index in [1.807, 2.05) is 0 Å². The predicted octanol–water partition coefficient (Wildman–Crippen LogP) is 0.591. The van der Waals surface area contributed by atoms with E-state index < -0.39 is 17.8 Å². The van der Waals surface area contributed by atoms with Crippen LogP contribution in [0.15, 0.2) is 22.3 Å². The molecule has 1 aliphatic rings. The molecule has 0 saturated carbocycles. The molecule has 1 heterocycles. The van der Waals surface area contributed by atoms with Crippen molar-refractivity contribution in [2.24, 2.45) is 16.1 Å². The normalized spacial score (nSPS) is 15.9. The first-order chi connectivity index (χ1) is 12.8. The second kappa shape index (κ2) is 8.79. The zero-order valence-corrected chi connectivity index (χ0v) is 15.4. The quantitative estimate of drug-likeness (QED) is 0.310. The van der Waals surface area contributed by atoms with Crippen molar-refractivity contribution in [2.75, 3.05) is 14.2 Å². The summed E-state index contributed by atoms with van der Waals surface area (Å²) in [5.41, 5.74) is 5.76. The third-order valence-electron chi connectivity index (χ3n) is 3.68. The van der Waals surface area contributed by atoms with Crippen LogP contribution in [0.1, 0.15) is 25.8 Å². The van der Waals surface area contributed by atoms with Crippen LogP contribution in [0.25, 0.3) is 0 Å². The van der Waals surface area contributed by atoms with Crippen LogP contribution in [0.3, 0.4) is 0 Å². The number of ether oxygens (including phenoxy) is 3. The van der Waals surface area contributed by atoms with Crippen LogP contribution in [0, 0.1) is 5.92 Å². The number of amides is 2. The van der Waals surface area contributed by atoms with Gasteiger partial charge in [0.05, 0.1) is 26.4 Å². The SMILES string of the molecule is COc1cc(/C=N\NC(=O)C[C@@H]2C(=O)NN=C2C)cc(OC)c1OC(C)=O. The van der Waals surface area contributed by atoms with Crippen LogP contribution in [0.4, 0.5) is 0 Å². The van der Waals surface area contributed by atoms with E-state index >= 15 is 0 Å². The third-order valence-corrected chi connectivity index (χ3v) is 3.68. The molecule has 1 aromatic rings. The Morgan fingerprint density at radius 3 is 2.41 bits per heavy atom. The monoisotopic (exact) mass is 376 g/mol. The molecule has 2 rings (SSSR count). The van der Waals surface area contributed by atoms with E-state index in [0.717, 1.165) is 0 Å². The number of nitrogens with zero attached hydrogens (tertiary/aromatic N) is 2. The third kappa shape index (κ3) is 5.03. The first-order valence-corrected chi connectivity index (χ1v) is 7.96. The summed E-state index contributed by atoms with van der Waals surface area (Å²) in [5.74, 6) is -1.17. The second-order valence-electron chi connectivity index (χ2n) is 5.63. The molecule has 1 aliphatic heterocycles. The van der Waals surface area contributed by atoms with Gasteiger partial charge in [-0.3, -0.25) is 14.4 Å². The number of rotatable bonds is 7. The smallest absolute Gasteiger partial charge is 0.308 e. The van der Waals surface area contributed by atoms with E-state index in [4.69, 9.17) is 14.2 Å². The molecule has 2 N–H and O–H groups in total. The number of hydrogen-bond acceptors (Lipinski definition) is 8. The Morgan fingerprint density at radius 1 is 1.30 bits per heavy atom. The maximum Gasteiger partial charge on any atom is 0.308 e. The Bertz CT molecular complexity index is 793. The average Bonchev–Trinajstić information content (AvgIpc) is 2.94. The van der Waals surface area contributed by atoms with Crippen LogP contribution in [-0.4, -0.2) is 43.9 Å². The van der Waals surface area contributed by atoms with Gasteiger partial charge in [-0.2, -0.15) is 10.2 Å². The molecule has 0 saturated heterocycles. The summed E-state index contributed by atoms with van der Waals surface area (Å²) in [6.45, 7) is 2.93. The van der Waals surface area contributed by atoms with Gasteiger partial charge >= 0.3 is 5.97 Å². The molecule has 0 spiro atoms. The molecule has 27 heavy (non-hydrogen) atoms. The largest absolute Gasteiger partial charge is 0.493 e. The molecule has 0 aliphatic carbocycles. The molecule has 1 aromatic carbocycles. The minimum absolute atomic E-state index is 0.0590. The van der Waals surface area contributed by atoms with E-state index in [1.54, 1.807) is 19.1 Å². The van der Waals surface area contributed by atoms with E-state index in [9.17, 15) is 14.4 Å². The highest BCUT2D eigenvalue weighted by Gasteiger charge is 2.29. The fourth-order valence-corrected chi connectivity index (χ4v) is 2.36. The highest BCUT2D eigenvalue weighted by atomic mass is 16.6. The fourth-order valence-electron chi connectivity index (χ4n) is 2.36. The molecule has 0 aromatic heterocycles. The minimum Gasteiger partial charge on any atom is -0.493 e. The standard InChI is InChI=1S/C17H20N4O6/c1-9-12(17(24)21-19-9)7-15(23)20-18-8-11-5-13(25-3)16(27-10(2)22)14(6-11)26-4/h5-6,8,12H,7H2,1-4H3,(H,20,23)(H,21,24)/b18-8-/t12-/m0/s1. The number of nitrogens with one attached hydrogen (secondary N) is 2. The van der Waals surface area contributed by atoms with Crippen molar-refractivity contribution in [1.82, 2.24) is 10.9 Å². The van der Waals surface area contributed by atoms with E-state index in [0.29, 0.717) is 11.3 Å². The van der Waals surface area contributed by atoms with Gasteiger partial charge < -0.3 is 14.2 Å². The lowest BCUT2D eigenvalue weighted by Gasteiger charge is -2.13. The highest BCUT2D eigenvalue weighted by molar-refractivity contribution is 6.09. The lowest BCUT2D eigenvalue weighted by Crippen LogP contribution is -2.29. The number of carbonyl (C=O) groups is 3. The van der Waals surface area contributed by atoms with Crippen molar-refractivity contribution < 1.29 is 28.6 Å². The van der Waals surface area contributed by atoms with Crippen molar-refractivity contribution in [1.29, 1.82) is 0 Å². The van der Waals surface area contributed by atoms with Crippen molar-refractivity contribution >= 4 is 29.7 Å². The number of methoxy groups -OCH3 is 2. The Morgan fingerprint density at radius 2 is 1.93 bits per heavy atom. The van der Waals surface area contributed by atoms with E-state index in [1.165, 1.54) is 27.4 Å². The van der Waals surface area contributed by atoms with Crippen molar-refractivity contribution in [3.63, 3.8) is 0 Å². The summed E-state index contributed by atoms with van der Waals surface area (Å²) in [7, 11) is 2.84. The highest BCUT2D eigenvalue weighted by Crippen LogP contribution is 2.38. The molecular formula is C17H20N4O6. The fraction of sp³-hybridized carbons (Fsp3) is 0.353. The van der Waals surface area contributed by atoms with Crippen LogP contribution in [0.5, 0.6) is 17.2 Å². The van der Waals surface area contributed by atoms with Crippen molar-refractivity contribution in [3.05, 3.63) is 17.7 Å². The molecule has 2 amide bonds. The summed E-state index contributed by atoms with van der Waals surface area (Å²) in [5, 5.41) is 7.64. The van der Waals surface area contributed by atoms with Crippen molar-refractivity contribution in [3.8, 4) is 17.2 Å². The molecule has 0 unspecified atom stereocenters. The van der Waals surface area contributed by atoms with Gasteiger partial charge in [0, 0.05) is 24.6 Å². The molecule has 10 heteroatoms. The summed E-state index contributed by atoms with van der Waals surface area (Å²) >= 11 is 0. The van der Waals surface area contributed by atoms with Gasteiger partial charge in [0.25, 0.3) is 0 Å². The van der Waals surface area contributed by atoms with Crippen LogP contribution in [0.2, 0.25) is 0 Å². The summed E-state index contributed by atoms with van der Waals surface area (Å²) in [4.78, 5) is 34.7. The van der Waals surface area contributed by atoms with E-state index in [2.05, 4.69) is 21.1 Å². The molecule has 10 nitrogen and oxygen atoms in total. The predicted molar refractivity (Wildman–Crippen MR) is 96.0 cm³/mol. The Balaban J connectivity index is 2.07. The first-order valence-electron chi connectivity index (χ1n) is 7.96. The molecule has 1 atom stereocenters. The average molecular weight is 376 g/mol. The topological polar surface area (TPSA) is 128 Å². The van der Waals surface area contributed by atoms with Gasteiger partial charge in [-0.15, -0.1) is 0 Å². The lowest BCUT2D eigenvalue weighted by molar-refractivity contribution is -0.132. The zero-order valence-electron chi connectivity index (χ0n) is 15.4. The maximum atomic E-state index is 11.9. The number of hydrogen-bond donors (Lipinski definition) is 2. The number of esters is 1.